The SMILES string of the molecule is O=C(NCCC1CCCNC1)c1ccccc1SCc1cccs1. The fourth-order valence-corrected chi connectivity index (χ4v) is 4.80. The lowest BCUT2D eigenvalue weighted by Gasteiger charge is -2.22. The Morgan fingerprint density at radius 2 is 2.21 bits per heavy atom. The Morgan fingerprint density at radius 1 is 1.29 bits per heavy atom. The van der Waals surface area contributed by atoms with Gasteiger partial charge in [0.1, 0.15) is 0 Å². The average molecular weight is 361 g/mol. The Bertz CT molecular complexity index is 637. The van der Waals surface area contributed by atoms with Gasteiger partial charge in [0, 0.05) is 22.1 Å². The molecule has 0 bridgehead atoms. The predicted molar refractivity (Wildman–Crippen MR) is 103 cm³/mol. The van der Waals surface area contributed by atoms with Gasteiger partial charge in [0.25, 0.3) is 5.91 Å². The molecule has 3 rings (SSSR count). The number of hydrogen-bond donors (Lipinski definition) is 2. The molecule has 0 radical (unpaired) electrons. The lowest BCUT2D eigenvalue weighted by molar-refractivity contribution is 0.0947. The quantitative estimate of drug-likeness (QED) is 0.729. The van der Waals surface area contributed by atoms with Gasteiger partial charge in [-0.25, -0.2) is 0 Å². The highest BCUT2D eigenvalue weighted by Crippen LogP contribution is 2.28. The number of amides is 1. The zero-order valence-electron chi connectivity index (χ0n) is 13.8. The average Bonchev–Trinajstić information content (AvgIpc) is 3.14. The zero-order chi connectivity index (χ0) is 16.6. The third-order valence-electron chi connectivity index (χ3n) is 4.32. The van der Waals surface area contributed by atoms with Crippen molar-refractivity contribution in [2.75, 3.05) is 19.6 Å². The number of hydrogen-bond acceptors (Lipinski definition) is 4. The largest absolute Gasteiger partial charge is 0.352 e. The fourth-order valence-electron chi connectivity index (χ4n) is 2.98. The van der Waals surface area contributed by atoms with Crippen LogP contribution >= 0.6 is 23.1 Å². The summed E-state index contributed by atoms with van der Waals surface area (Å²) in [5.74, 6) is 1.66. The lowest BCUT2D eigenvalue weighted by atomic mass is 9.96. The van der Waals surface area contributed by atoms with Gasteiger partial charge in [0.15, 0.2) is 0 Å². The second-order valence-electron chi connectivity index (χ2n) is 6.12. The first-order valence-corrected chi connectivity index (χ1v) is 10.4. The van der Waals surface area contributed by atoms with Gasteiger partial charge >= 0.3 is 0 Å². The molecular weight excluding hydrogens is 336 g/mol. The van der Waals surface area contributed by atoms with E-state index < -0.39 is 0 Å². The molecule has 1 unspecified atom stereocenters. The number of thiophene rings is 1. The van der Waals surface area contributed by atoms with Gasteiger partial charge < -0.3 is 10.6 Å². The highest BCUT2D eigenvalue weighted by molar-refractivity contribution is 7.98. The van der Waals surface area contributed by atoms with Crippen LogP contribution in [0.3, 0.4) is 0 Å². The molecular formula is C19H24N2OS2. The summed E-state index contributed by atoms with van der Waals surface area (Å²) in [5, 5.41) is 8.62. The standard InChI is InChI=1S/C19H24N2OS2/c22-19(21-11-9-15-5-3-10-20-13-15)17-7-1-2-8-18(17)24-14-16-6-4-12-23-16/h1-2,4,6-8,12,15,20H,3,5,9-11,13-14H2,(H,21,22). The summed E-state index contributed by atoms with van der Waals surface area (Å²) < 4.78 is 0. The molecule has 1 amide bonds. The van der Waals surface area contributed by atoms with E-state index in [1.807, 2.05) is 24.3 Å². The van der Waals surface area contributed by atoms with Crippen molar-refractivity contribution in [1.82, 2.24) is 10.6 Å². The second kappa shape index (κ2) is 9.25. The molecule has 1 saturated heterocycles. The molecule has 1 aromatic heterocycles. The summed E-state index contributed by atoms with van der Waals surface area (Å²) in [7, 11) is 0. The Balaban J connectivity index is 1.51. The first kappa shape index (κ1) is 17.5. The van der Waals surface area contributed by atoms with E-state index in [-0.39, 0.29) is 5.91 Å². The van der Waals surface area contributed by atoms with E-state index in [0.29, 0.717) is 5.92 Å². The monoisotopic (exact) mass is 360 g/mol. The Hall–Kier alpha value is -1.30. The molecule has 128 valence electrons. The molecule has 1 aliphatic heterocycles. The third kappa shape index (κ3) is 5.10. The Labute approximate surface area is 152 Å². The van der Waals surface area contributed by atoms with Gasteiger partial charge in [-0.2, -0.15) is 0 Å². The third-order valence-corrected chi connectivity index (χ3v) is 6.50. The molecule has 5 heteroatoms. The van der Waals surface area contributed by atoms with E-state index in [2.05, 4.69) is 28.1 Å². The summed E-state index contributed by atoms with van der Waals surface area (Å²) in [4.78, 5) is 14.9. The van der Waals surface area contributed by atoms with Gasteiger partial charge in [-0.05, 0) is 61.8 Å². The second-order valence-corrected chi connectivity index (χ2v) is 8.17. The molecule has 0 spiro atoms. The minimum atomic E-state index is 0.0491. The van der Waals surface area contributed by atoms with E-state index in [9.17, 15) is 4.79 Å². The lowest BCUT2D eigenvalue weighted by Crippen LogP contribution is -2.33. The normalized spacial score (nSPS) is 17.6. The maximum absolute atomic E-state index is 12.5. The number of carbonyl (C=O) groups excluding carboxylic acids is 1. The molecule has 1 aromatic carbocycles. The van der Waals surface area contributed by atoms with Crippen LogP contribution in [0, 0.1) is 5.92 Å². The van der Waals surface area contributed by atoms with Crippen molar-refractivity contribution < 1.29 is 4.79 Å². The number of benzene rings is 1. The van der Waals surface area contributed by atoms with Crippen molar-refractivity contribution in [3.8, 4) is 0 Å². The van der Waals surface area contributed by atoms with Crippen LogP contribution in [0.4, 0.5) is 0 Å². The van der Waals surface area contributed by atoms with Gasteiger partial charge in [0.05, 0.1) is 5.56 Å². The van der Waals surface area contributed by atoms with Crippen molar-refractivity contribution in [2.45, 2.75) is 29.9 Å². The molecule has 1 aliphatic rings. The number of rotatable bonds is 7. The molecule has 1 fully saturated rings. The highest BCUT2D eigenvalue weighted by atomic mass is 32.2. The van der Waals surface area contributed by atoms with Crippen molar-refractivity contribution >= 4 is 29.0 Å². The van der Waals surface area contributed by atoms with Crippen LogP contribution in [-0.4, -0.2) is 25.5 Å². The molecule has 0 saturated carbocycles. The van der Waals surface area contributed by atoms with Crippen LogP contribution in [0.1, 0.15) is 34.5 Å². The molecule has 1 atom stereocenters. The smallest absolute Gasteiger partial charge is 0.252 e. The Morgan fingerprint density at radius 3 is 3.00 bits per heavy atom. The number of piperidine rings is 1. The van der Waals surface area contributed by atoms with Crippen molar-refractivity contribution in [3.63, 3.8) is 0 Å². The van der Waals surface area contributed by atoms with Gasteiger partial charge in [-0.1, -0.05) is 18.2 Å². The summed E-state index contributed by atoms with van der Waals surface area (Å²) in [6.07, 6.45) is 3.58. The van der Waals surface area contributed by atoms with Crippen LogP contribution in [0.15, 0.2) is 46.7 Å². The zero-order valence-corrected chi connectivity index (χ0v) is 15.4. The van der Waals surface area contributed by atoms with Crippen molar-refractivity contribution in [1.29, 1.82) is 0 Å². The fraction of sp³-hybridized carbons (Fsp3) is 0.421. The first-order chi connectivity index (χ1) is 11.8. The van der Waals surface area contributed by atoms with E-state index in [0.717, 1.165) is 42.3 Å². The first-order valence-electron chi connectivity index (χ1n) is 8.56. The maximum atomic E-state index is 12.5. The Kier molecular flexibility index (Phi) is 6.75. The van der Waals surface area contributed by atoms with Crippen LogP contribution in [0.2, 0.25) is 0 Å². The summed E-state index contributed by atoms with van der Waals surface area (Å²) in [6.45, 7) is 2.98. The van der Waals surface area contributed by atoms with Gasteiger partial charge in [0.2, 0.25) is 0 Å². The molecule has 2 heterocycles. The number of nitrogens with one attached hydrogen (secondary N) is 2. The molecule has 3 nitrogen and oxygen atoms in total. The molecule has 2 aromatic rings. The van der Waals surface area contributed by atoms with Crippen LogP contribution < -0.4 is 10.6 Å². The molecule has 2 N–H and O–H groups in total. The summed E-state index contributed by atoms with van der Waals surface area (Å²) in [6, 6.07) is 12.1. The minimum Gasteiger partial charge on any atom is -0.352 e. The number of carbonyl (C=O) groups is 1. The highest BCUT2D eigenvalue weighted by Gasteiger charge is 2.15. The molecule has 0 aliphatic carbocycles. The van der Waals surface area contributed by atoms with Crippen molar-refractivity contribution in [2.24, 2.45) is 5.92 Å². The van der Waals surface area contributed by atoms with Crippen LogP contribution in [0.5, 0.6) is 0 Å². The van der Waals surface area contributed by atoms with Crippen LogP contribution in [0.25, 0.3) is 0 Å². The van der Waals surface area contributed by atoms with E-state index in [1.165, 1.54) is 17.7 Å². The summed E-state index contributed by atoms with van der Waals surface area (Å²) >= 11 is 3.49. The summed E-state index contributed by atoms with van der Waals surface area (Å²) in [5.41, 5.74) is 0.792. The molecule has 24 heavy (non-hydrogen) atoms. The predicted octanol–water partition coefficient (Wildman–Crippen LogP) is 4.16. The van der Waals surface area contributed by atoms with Gasteiger partial charge in [-0.3, -0.25) is 4.79 Å². The van der Waals surface area contributed by atoms with Crippen LogP contribution in [-0.2, 0) is 5.75 Å². The maximum Gasteiger partial charge on any atom is 0.252 e. The van der Waals surface area contributed by atoms with E-state index in [1.54, 1.807) is 23.1 Å². The minimum absolute atomic E-state index is 0.0491. The number of thioether (sulfide) groups is 1. The topological polar surface area (TPSA) is 41.1 Å². The van der Waals surface area contributed by atoms with Gasteiger partial charge in [-0.15, -0.1) is 23.1 Å². The van der Waals surface area contributed by atoms with E-state index in [4.69, 9.17) is 0 Å². The van der Waals surface area contributed by atoms with Crippen molar-refractivity contribution in [3.05, 3.63) is 52.2 Å². The van der Waals surface area contributed by atoms with E-state index >= 15 is 0 Å².